The molecule has 1 aromatic carbocycles. The van der Waals surface area contributed by atoms with E-state index < -0.39 is 12.6 Å². The smallest absolute Gasteiger partial charge is 0.340 e. The fraction of sp³-hybridized carbons (Fsp3) is 0.182. The molecule has 29 heavy (non-hydrogen) atoms. The summed E-state index contributed by atoms with van der Waals surface area (Å²) in [5.74, 6) is -1.26. The number of ketones is 1. The molecule has 0 aliphatic carbocycles. The molecule has 0 aliphatic heterocycles. The van der Waals surface area contributed by atoms with Crippen LogP contribution in [0.4, 0.5) is 0 Å². The van der Waals surface area contributed by atoms with Crippen molar-refractivity contribution in [3.8, 4) is 0 Å². The Kier molecular flexibility index (Phi) is 5.87. The number of nitrogens with one attached hydrogen (secondary N) is 1. The van der Waals surface area contributed by atoms with Crippen LogP contribution in [0.15, 0.2) is 54.7 Å². The van der Waals surface area contributed by atoms with Crippen LogP contribution in [0.5, 0.6) is 0 Å². The third kappa shape index (κ3) is 4.57. The summed E-state index contributed by atoms with van der Waals surface area (Å²) >= 11 is 0. The van der Waals surface area contributed by atoms with E-state index in [-0.39, 0.29) is 17.3 Å². The third-order valence-corrected chi connectivity index (χ3v) is 4.46. The number of esters is 1. The van der Waals surface area contributed by atoms with Crippen molar-refractivity contribution in [2.75, 3.05) is 12.0 Å². The zero-order valence-corrected chi connectivity index (χ0v) is 16.4. The molecule has 1 amide bonds. The molecule has 0 unspecified atom stereocenters. The Labute approximate surface area is 168 Å². The third-order valence-electron chi connectivity index (χ3n) is 4.46. The number of benzene rings is 1. The number of pyridine rings is 1. The van der Waals surface area contributed by atoms with E-state index in [0.717, 1.165) is 5.69 Å². The molecule has 2 heterocycles. The molecular formula is C22H21N3O4. The van der Waals surface area contributed by atoms with Crippen molar-refractivity contribution >= 4 is 17.7 Å². The van der Waals surface area contributed by atoms with Crippen LogP contribution in [-0.4, -0.2) is 33.9 Å². The molecule has 2 aromatic heterocycles. The highest BCUT2D eigenvalue weighted by molar-refractivity contribution is 6.02. The highest BCUT2D eigenvalue weighted by Crippen LogP contribution is 2.15. The molecule has 0 atom stereocenters. The van der Waals surface area contributed by atoms with E-state index in [1.54, 1.807) is 61.0 Å². The van der Waals surface area contributed by atoms with Gasteiger partial charge in [-0.15, -0.1) is 0 Å². The summed E-state index contributed by atoms with van der Waals surface area (Å²) in [5.41, 5.74) is 5.97. The van der Waals surface area contributed by atoms with Gasteiger partial charge >= 0.3 is 5.97 Å². The van der Waals surface area contributed by atoms with Crippen LogP contribution in [0, 0.1) is 20.8 Å². The highest BCUT2D eigenvalue weighted by atomic mass is 16.5. The van der Waals surface area contributed by atoms with Gasteiger partial charge in [0.2, 0.25) is 5.78 Å². The molecule has 7 nitrogen and oxygen atoms in total. The zero-order valence-electron chi connectivity index (χ0n) is 16.4. The first-order valence-electron chi connectivity index (χ1n) is 9.05. The summed E-state index contributed by atoms with van der Waals surface area (Å²) in [4.78, 5) is 41.1. The van der Waals surface area contributed by atoms with Crippen molar-refractivity contribution in [1.29, 1.82) is 0 Å². The van der Waals surface area contributed by atoms with Gasteiger partial charge in [0.1, 0.15) is 0 Å². The lowest BCUT2D eigenvalue weighted by Gasteiger charge is -2.11. The average molecular weight is 391 g/mol. The van der Waals surface area contributed by atoms with E-state index in [4.69, 9.17) is 4.74 Å². The Bertz CT molecular complexity index is 1050. The van der Waals surface area contributed by atoms with Gasteiger partial charge in [-0.1, -0.05) is 18.2 Å². The molecule has 3 rings (SSSR count). The van der Waals surface area contributed by atoms with Crippen LogP contribution in [0.25, 0.3) is 0 Å². The predicted molar refractivity (Wildman–Crippen MR) is 108 cm³/mol. The molecule has 0 bridgehead atoms. The first kappa shape index (κ1) is 20.0. The number of carbonyl (C=O) groups is 3. The topological polar surface area (TPSA) is 90.3 Å². The maximum atomic E-state index is 12.6. The Morgan fingerprint density at radius 1 is 1.00 bits per heavy atom. The summed E-state index contributed by atoms with van der Waals surface area (Å²) in [6.07, 6.45) is 1.41. The molecule has 1 N–H and O–H groups in total. The van der Waals surface area contributed by atoms with Crippen molar-refractivity contribution < 1.29 is 19.1 Å². The molecule has 0 saturated heterocycles. The Morgan fingerprint density at radius 3 is 2.38 bits per heavy atom. The van der Waals surface area contributed by atoms with E-state index in [9.17, 15) is 14.4 Å². The molecular weight excluding hydrogens is 370 g/mol. The van der Waals surface area contributed by atoms with Gasteiger partial charge in [0.05, 0.1) is 5.56 Å². The molecule has 148 valence electrons. The summed E-state index contributed by atoms with van der Waals surface area (Å²) in [7, 11) is 0. The van der Waals surface area contributed by atoms with Crippen LogP contribution < -0.4 is 5.43 Å². The lowest BCUT2D eigenvalue weighted by Crippen LogP contribution is -2.25. The number of carbonyl (C=O) groups excluding carboxylic acids is 3. The lowest BCUT2D eigenvalue weighted by molar-refractivity contribution is 0.0474. The Morgan fingerprint density at radius 2 is 1.72 bits per heavy atom. The van der Waals surface area contributed by atoms with E-state index in [2.05, 4.69) is 10.4 Å². The number of Topliss-reactive ketones (excluding diaryl/α,β-unsaturated/α-hetero) is 1. The second-order valence-corrected chi connectivity index (χ2v) is 6.61. The van der Waals surface area contributed by atoms with Gasteiger partial charge < -0.3 is 4.74 Å². The highest BCUT2D eigenvalue weighted by Gasteiger charge is 2.19. The van der Waals surface area contributed by atoms with Crippen LogP contribution in [0.1, 0.15) is 48.2 Å². The lowest BCUT2D eigenvalue weighted by atomic mass is 10.1. The van der Waals surface area contributed by atoms with Gasteiger partial charge in [-0.3, -0.25) is 24.7 Å². The minimum atomic E-state index is -0.614. The maximum Gasteiger partial charge on any atom is 0.340 e. The second-order valence-electron chi connectivity index (χ2n) is 6.61. The Hall–Kier alpha value is -3.74. The van der Waals surface area contributed by atoms with Crippen LogP contribution in [0.3, 0.4) is 0 Å². The van der Waals surface area contributed by atoms with Gasteiger partial charge in [-0.2, -0.15) is 0 Å². The van der Waals surface area contributed by atoms with E-state index in [1.807, 2.05) is 13.0 Å². The largest absolute Gasteiger partial charge is 0.454 e. The van der Waals surface area contributed by atoms with Crippen molar-refractivity contribution in [1.82, 2.24) is 9.66 Å². The SMILES string of the molecule is Cc1ccc(C(=O)OCC(=O)c2cc(C)n(NC(=O)c3ccccc3)c2C)cn1. The molecule has 0 aliphatic rings. The van der Waals surface area contributed by atoms with Crippen molar-refractivity contribution in [2.45, 2.75) is 20.8 Å². The standard InChI is InChI=1S/C22H21N3O4/c1-14-9-10-18(12-23-14)22(28)29-13-20(26)19-11-15(2)25(16(19)3)24-21(27)17-7-5-4-6-8-17/h4-12H,13H2,1-3H3,(H,24,27). The normalized spacial score (nSPS) is 10.4. The van der Waals surface area contributed by atoms with Crippen molar-refractivity contribution in [3.63, 3.8) is 0 Å². The molecule has 3 aromatic rings. The van der Waals surface area contributed by atoms with Crippen molar-refractivity contribution in [2.24, 2.45) is 0 Å². The average Bonchev–Trinajstić information content (AvgIpc) is 3.01. The quantitative estimate of drug-likeness (QED) is 0.515. The number of hydrogen-bond donors (Lipinski definition) is 1. The van der Waals surface area contributed by atoms with Crippen LogP contribution >= 0.6 is 0 Å². The molecule has 0 radical (unpaired) electrons. The fourth-order valence-corrected chi connectivity index (χ4v) is 2.85. The molecule has 0 spiro atoms. The Balaban J connectivity index is 1.68. The van der Waals surface area contributed by atoms with Gasteiger partial charge in [-0.25, -0.2) is 4.79 Å². The van der Waals surface area contributed by atoms with Gasteiger partial charge in [-0.05, 0) is 51.1 Å². The maximum absolute atomic E-state index is 12.6. The number of hydrogen-bond acceptors (Lipinski definition) is 5. The molecule has 0 fully saturated rings. The summed E-state index contributed by atoms with van der Waals surface area (Å²) in [6, 6.07) is 13.7. The van der Waals surface area contributed by atoms with E-state index in [0.29, 0.717) is 22.5 Å². The summed E-state index contributed by atoms with van der Waals surface area (Å²) in [6.45, 7) is 4.91. The summed E-state index contributed by atoms with van der Waals surface area (Å²) < 4.78 is 6.66. The predicted octanol–water partition coefficient (Wildman–Crippen LogP) is 3.23. The zero-order chi connectivity index (χ0) is 21.0. The number of nitrogens with zero attached hydrogens (tertiary/aromatic N) is 2. The van der Waals surface area contributed by atoms with Crippen molar-refractivity contribution in [3.05, 3.63) is 88.5 Å². The number of aromatic nitrogens is 2. The summed E-state index contributed by atoms with van der Waals surface area (Å²) in [5, 5.41) is 0. The van der Waals surface area contributed by atoms with E-state index >= 15 is 0 Å². The minimum absolute atomic E-state index is 0.281. The number of ether oxygens (including phenoxy) is 1. The number of rotatable bonds is 6. The number of amides is 1. The first-order valence-corrected chi connectivity index (χ1v) is 9.05. The van der Waals surface area contributed by atoms with Crippen LogP contribution in [0.2, 0.25) is 0 Å². The fourth-order valence-electron chi connectivity index (χ4n) is 2.85. The first-order chi connectivity index (χ1) is 13.9. The van der Waals surface area contributed by atoms with Gasteiger partial charge in [0, 0.05) is 34.4 Å². The second kappa shape index (κ2) is 8.52. The van der Waals surface area contributed by atoms with Gasteiger partial charge in [0.15, 0.2) is 6.61 Å². The van der Waals surface area contributed by atoms with Crippen LogP contribution in [-0.2, 0) is 4.74 Å². The monoisotopic (exact) mass is 391 g/mol. The molecule has 0 saturated carbocycles. The minimum Gasteiger partial charge on any atom is -0.454 e. The molecule has 7 heteroatoms. The van der Waals surface area contributed by atoms with E-state index in [1.165, 1.54) is 6.20 Å². The van der Waals surface area contributed by atoms with Gasteiger partial charge in [0.25, 0.3) is 5.91 Å². The number of aryl methyl sites for hydroxylation is 2.